The maximum Gasteiger partial charge on any atom is 0.123 e. The van der Waals surface area contributed by atoms with E-state index < -0.39 is 0 Å². The molecule has 1 atom stereocenters. The highest BCUT2D eigenvalue weighted by Crippen LogP contribution is 2.25. The number of benzene rings is 1. The lowest BCUT2D eigenvalue weighted by molar-refractivity contribution is 0.100. The molecule has 0 aliphatic carbocycles. The van der Waals surface area contributed by atoms with Crippen molar-refractivity contribution in [2.75, 3.05) is 6.54 Å². The van der Waals surface area contributed by atoms with E-state index in [-0.39, 0.29) is 11.9 Å². The molecule has 1 N–H and O–H groups in total. The van der Waals surface area contributed by atoms with Crippen LogP contribution in [-0.2, 0) is 11.3 Å². The zero-order valence-corrected chi connectivity index (χ0v) is 16.7. The Kier molecular flexibility index (Phi) is 8.63. The first-order valence-corrected chi connectivity index (χ1v) is 9.75. The highest BCUT2D eigenvalue weighted by molar-refractivity contribution is 5.62. The van der Waals surface area contributed by atoms with Gasteiger partial charge < -0.3 is 10.1 Å². The second-order valence-corrected chi connectivity index (χ2v) is 6.30. The van der Waals surface area contributed by atoms with Gasteiger partial charge in [-0.1, -0.05) is 45.2 Å². The van der Waals surface area contributed by atoms with Gasteiger partial charge in [0, 0.05) is 31.0 Å². The van der Waals surface area contributed by atoms with E-state index in [1.54, 1.807) is 24.4 Å². The number of hydrogen-bond acceptors (Lipinski definition) is 3. The molecule has 28 heavy (non-hydrogen) atoms. The summed E-state index contributed by atoms with van der Waals surface area (Å²) in [4.78, 5) is 4.30. The molecular formula is C24H29FN2O. The molecule has 0 spiro atoms. The molecule has 1 aromatic carbocycles. The van der Waals surface area contributed by atoms with E-state index in [1.165, 1.54) is 12.1 Å². The summed E-state index contributed by atoms with van der Waals surface area (Å²) >= 11 is 0. The second-order valence-electron chi connectivity index (χ2n) is 6.30. The SMILES string of the molecule is C=CC1=C(C=C)O[C@@H](CNCc2cncc(-c3ccc(F)cc3)c2)CC1.CC. The molecule has 0 unspecified atom stereocenters. The van der Waals surface area contributed by atoms with Gasteiger partial charge in [0.25, 0.3) is 0 Å². The second kappa shape index (κ2) is 11.2. The van der Waals surface area contributed by atoms with E-state index in [0.29, 0.717) is 6.54 Å². The molecule has 0 amide bonds. The number of nitrogens with one attached hydrogen (secondary N) is 1. The number of allylic oxidation sites excluding steroid dienone is 3. The van der Waals surface area contributed by atoms with E-state index >= 15 is 0 Å². The normalized spacial score (nSPS) is 15.9. The Balaban J connectivity index is 0.00000136. The van der Waals surface area contributed by atoms with Crippen molar-refractivity contribution in [3.63, 3.8) is 0 Å². The number of nitrogens with zero attached hydrogens (tertiary/aromatic N) is 1. The van der Waals surface area contributed by atoms with Crippen molar-refractivity contribution in [3.05, 3.63) is 90.7 Å². The Morgan fingerprint density at radius 2 is 1.89 bits per heavy atom. The van der Waals surface area contributed by atoms with Gasteiger partial charge in [0.1, 0.15) is 17.7 Å². The van der Waals surface area contributed by atoms with E-state index in [2.05, 4.69) is 29.5 Å². The van der Waals surface area contributed by atoms with Crippen LogP contribution in [0.5, 0.6) is 0 Å². The first kappa shape index (κ1) is 21.6. The summed E-state index contributed by atoms with van der Waals surface area (Å²) in [5.41, 5.74) is 4.13. The van der Waals surface area contributed by atoms with Crippen LogP contribution in [0.15, 0.2) is 79.4 Å². The zero-order chi connectivity index (χ0) is 20.4. The van der Waals surface area contributed by atoms with Crippen molar-refractivity contribution in [1.29, 1.82) is 0 Å². The third kappa shape index (κ3) is 5.89. The minimum Gasteiger partial charge on any atom is -0.489 e. The van der Waals surface area contributed by atoms with Crippen LogP contribution in [0.3, 0.4) is 0 Å². The molecule has 0 radical (unpaired) electrons. The van der Waals surface area contributed by atoms with Crippen LogP contribution < -0.4 is 5.32 Å². The molecule has 0 bridgehead atoms. The predicted molar refractivity (Wildman–Crippen MR) is 114 cm³/mol. The monoisotopic (exact) mass is 380 g/mol. The molecule has 3 rings (SSSR count). The number of rotatable bonds is 7. The Hall–Kier alpha value is -2.72. The molecule has 4 heteroatoms. The van der Waals surface area contributed by atoms with Crippen LogP contribution in [0.1, 0.15) is 32.3 Å². The molecule has 2 aromatic rings. The van der Waals surface area contributed by atoms with E-state index in [4.69, 9.17) is 4.74 Å². The zero-order valence-electron chi connectivity index (χ0n) is 16.7. The first-order chi connectivity index (χ1) is 13.7. The number of halogens is 1. The van der Waals surface area contributed by atoms with Gasteiger partial charge in [-0.05, 0) is 53.8 Å². The first-order valence-electron chi connectivity index (χ1n) is 9.75. The average molecular weight is 381 g/mol. The highest BCUT2D eigenvalue weighted by Gasteiger charge is 2.18. The third-order valence-corrected chi connectivity index (χ3v) is 4.45. The van der Waals surface area contributed by atoms with Crippen molar-refractivity contribution in [2.24, 2.45) is 0 Å². The predicted octanol–water partition coefficient (Wildman–Crippen LogP) is 5.81. The lowest BCUT2D eigenvalue weighted by Crippen LogP contribution is -2.30. The third-order valence-electron chi connectivity index (χ3n) is 4.45. The topological polar surface area (TPSA) is 34.1 Å². The molecule has 0 fully saturated rings. The molecule has 0 saturated heterocycles. The quantitative estimate of drug-likeness (QED) is 0.658. The molecule has 0 saturated carbocycles. The molecule has 3 nitrogen and oxygen atoms in total. The van der Waals surface area contributed by atoms with Gasteiger partial charge in [-0.2, -0.15) is 0 Å². The van der Waals surface area contributed by atoms with Gasteiger partial charge in [0.15, 0.2) is 0 Å². The van der Waals surface area contributed by atoms with Crippen molar-refractivity contribution >= 4 is 0 Å². The van der Waals surface area contributed by atoms with Crippen LogP contribution in [0.2, 0.25) is 0 Å². The number of pyridine rings is 1. The van der Waals surface area contributed by atoms with Crippen molar-refractivity contribution < 1.29 is 9.13 Å². The van der Waals surface area contributed by atoms with Gasteiger partial charge in [0.05, 0.1) is 0 Å². The van der Waals surface area contributed by atoms with E-state index in [0.717, 1.165) is 47.4 Å². The maximum atomic E-state index is 13.1. The smallest absolute Gasteiger partial charge is 0.123 e. The molecule has 1 aromatic heterocycles. The fourth-order valence-electron chi connectivity index (χ4n) is 3.04. The lowest BCUT2D eigenvalue weighted by Gasteiger charge is -2.26. The van der Waals surface area contributed by atoms with Crippen LogP contribution >= 0.6 is 0 Å². The standard InChI is InChI=1S/C22H23FN2O.C2H6/c1-3-17-7-10-21(26-22(17)4-2)15-25-13-16-11-19(14-24-12-16)18-5-8-20(23)9-6-18;1-2/h3-6,8-9,11-12,14,21,25H,1-2,7,10,13,15H2;1-2H3/t21-;/m1./s1. The van der Waals surface area contributed by atoms with Gasteiger partial charge in [-0.15, -0.1) is 0 Å². The molecule has 1 aliphatic heterocycles. The summed E-state index contributed by atoms with van der Waals surface area (Å²) in [6.07, 6.45) is 9.26. The number of hydrogen-bond donors (Lipinski definition) is 1. The summed E-state index contributed by atoms with van der Waals surface area (Å²) in [5, 5.41) is 3.43. The van der Waals surface area contributed by atoms with Crippen LogP contribution in [-0.4, -0.2) is 17.6 Å². The Labute approximate surface area is 167 Å². The van der Waals surface area contributed by atoms with Gasteiger partial charge in [-0.3, -0.25) is 4.98 Å². The molecule has 1 aliphatic rings. The van der Waals surface area contributed by atoms with Gasteiger partial charge >= 0.3 is 0 Å². The summed E-state index contributed by atoms with van der Waals surface area (Å²) in [7, 11) is 0. The molecule has 2 heterocycles. The average Bonchev–Trinajstić information content (AvgIpc) is 2.76. The summed E-state index contributed by atoms with van der Waals surface area (Å²) in [6, 6.07) is 8.52. The molecular weight excluding hydrogens is 351 g/mol. The largest absolute Gasteiger partial charge is 0.489 e. The summed E-state index contributed by atoms with van der Waals surface area (Å²) in [6.45, 7) is 13.1. The molecule has 148 valence electrons. The summed E-state index contributed by atoms with van der Waals surface area (Å²) < 4.78 is 19.0. The van der Waals surface area contributed by atoms with E-state index in [9.17, 15) is 4.39 Å². The fourth-order valence-corrected chi connectivity index (χ4v) is 3.04. The van der Waals surface area contributed by atoms with Crippen molar-refractivity contribution in [2.45, 2.75) is 39.3 Å². The minimum absolute atomic E-state index is 0.125. The lowest BCUT2D eigenvalue weighted by atomic mass is 10.0. The van der Waals surface area contributed by atoms with Gasteiger partial charge in [-0.25, -0.2) is 4.39 Å². The number of aromatic nitrogens is 1. The van der Waals surface area contributed by atoms with Crippen LogP contribution in [0, 0.1) is 5.82 Å². The maximum absolute atomic E-state index is 13.1. The highest BCUT2D eigenvalue weighted by atomic mass is 19.1. The van der Waals surface area contributed by atoms with Gasteiger partial charge in [0.2, 0.25) is 0 Å². The Morgan fingerprint density at radius 1 is 1.14 bits per heavy atom. The van der Waals surface area contributed by atoms with Crippen molar-refractivity contribution in [1.82, 2.24) is 10.3 Å². The summed E-state index contributed by atoms with van der Waals surface area (Å²) in [5.74, 6) is 0.595. The fraction of sp³-hybridized carbons (Fsp3) is 0.292. The Bertz CT molecular complexity index is 812. The van der Waals surface area contributed by atoms with E-state index in [1.807, 2.05) is 26.1 Å². The van der Waals surface area contributed by atoms with Crippen LogP contribution in [0.25, 0.3) is 11.1 Å². The van der Waals surface area contributed by atoms with Crippen molar-refractivity contribution in [3.8, 4) is 11.1 Å². The minimum atomic E-state index is -0.237. The van der Waals surface area contributed by atoms with Crippen LogP contribution in [0.4, 0.5) is 4.39 Å². The number of ether oxygens (including phenoxy) is 1. The Morgan fingerprint density at radius 3 is 2.57 bits per heavy atom.